The van der Waals surface area contributed by atoms with Crippen LogP contribution in [-0.4, -0.2) is 5.91 Å². The van der Waals surface area contributed by atoms with Crippen molar-refractivity contribution in [1.82, 2.24) is 5.32 Å². The summed E-state index contributed by atoms with van der Waals surface area (Å²) in [5, 5.41) is 4.08. The summed E-state index contributed by atoms with van der Waals surface area (Å²) >= 11 is 11.9. The maximum atomic E-state index is 12.3. The molecule has 0 radical (unpaired) electrons. The second-order valence-corrected chi connectivity index (χ2v) is 6.71. The van der Waals surface area contributed by atoms with Gasteiger partial charge in [-0.1, -0.05) is 35.3 Å². The quantitative estimate of drug-likeness (QED) is 0.750. The number of nitrogens with two attached hydrogens (primary N) is 1. The number of carbonyl (C=O) groups is 1. The van der Waals surface area contributed by atoms with Gasteiger partial charge in [0.25, 0.3) is 0 Å². The molecule has 0 aliphatic heterocycles. The van der Waals surface area contributed by atoms with Crippen molar-refractivity contribution < 1.29 is 4.79 Å². The number of fused-ring (bicyclic) bond motifs is 1. The fourth-order valence-electron chi connectivity index (χ4n) is 3.06. The third kappa shape index (κ3) is 4.35. The molecule has 0 spiro atoms. The molecule has 6 heteroatoms. The molecule has 0 aromatic heterocycles. The molecule has 1 atom stereocenters. The summed E-state index contributed by atoms with van der Waals surface area (Å²) in [4.78, 5) is 12.3. The van der Waals surface area contributed by atoms with E-state index >= 15 is 0 Å². The summed E-state index contributed by atoms with van der Waals surface area (Å²) in [7, 11) is 0. The number of amides is 1. The van der Waals surface area contributed by atoms with Crippen molar-refractivity contribution in [3.05, 3.63) is 63.1 Å². The minimum Gasteiger partial charge on any atom is -0.399 e. The molecular weight excluding hydrogens is 367 g/mol. The first-order chi connectivity index (χ1) is 11.0. The molecule has 3 N–H and O–H groups in total. The van der Waals surface area contributed by atoms with Crippen LogP contribution in [0.3, 0.4) is 0 Å². The summed E-state index contributed by atoms with van der Waals surface area (Å²) in [6.07, 6.45) is 3.30. The molecule has 1 unspecified atom stereocenters. The van der Waals surface area contributed by atoms with Gasteiger partial charge in [-0.25, -0.2) is 0 Å². The van der Waals surface area contributed by atoms with Crippen molar-refractivity contribution in [2.24, 2.45) is 0 Å². The van der Waals surface area contributed by atoms with E-state index in [4.69, 9.17) is 28.9 Å². The van der Waals surface area contributed by atoms with E-state index in [0.717, 1.165) is 30.5 Å². The van der Waals surface area contributed by atoms with Crippen molar-refractivity contribution in [2.45, 2.75) is 31.7 Å². The topological polar surface area (TPSA) is 55.1 Å². The Morgan fingerprint density at radius 2 is 1.96 bits per heavy atom. The summed E-state index contributed by atoms with van der Waals surface area (Å²) in [6.45, 7) is 0. The van der Waals surface area contributed by atoms with Crippen molar-refractivity contribution in [3.63, 3.8) is 0 Å². The molecule has 1 aliphatic rings. The van der Waals surface area contributed by atoms with E-state index in [1.807, 2.05) is 24.3 Å². The number of aryl methyl sites for hydroxylation is 1. The van der Waals surface area contributed by atoms with Crippen LogP contribution >= 0.6 is 35.6 Å². The summed E-state index contributed by atoms with van der Waals surface area (Å²) in [6, 6.07) is 11.2. The molecule has 2 aromatic carbocycles. The number of anilines is 1. The van der Waals surface area contributed by atoms with Gasteiger partial charge in [0.15, 0.2) is 0 Å². The molecule has 1 aliphatic carbocycles. The van der Waals surface area contributed by atoms with Crippen LogP contribution in [0.1, 0.15) is 35.6 Å². The normalized spacial score (nSPS) is 16.0. The highest BCUT2D eigenvalue weighted by molar-refractivity contribution is 6.42. The third-order valence-corrected chi connectivity index (χ3v) is 4.90. The number of halogens is 3. The molecule has 3 nitrogen and oxygen atoms in total. The number of nitrogens with one attached hydrogen (secondary N) is 1. The van der Waals surface area contributed by atoms with Crippen LogP contribution in [0.2, 0.25) is 10.0 Å². The predicted octanol–water partition coefficient (Wildman–Crippen LogP) is 4.73. The van der Waals surface area contributed by atoms with Gasteiger partial charge >= 0.3 is 0 Å². The Hall–Kier alpha value is -1.42. The largest absolute Gasteiger partial charge is 0.399 e. The van der Waals surface area contributed by atoms with Crippen LogP contribution in [0, 0.1) is 0 Å². The first-order valence-electron chi connectivity index (χ1n) is 7.64. The van der Waals surface area contributed by atoms with Gasteiger partial charge in [0.1, 0.15) is 0 Å². The van der Waals surface area contributed by atoms with Crippen LogP contribution in [-0.2, 0) is 17.6 Å². The highest BCUT2D eigenvalue weighted by Crippen LogP contribution is 2.31. The standard InChI is InChI=1S/C18H18Cl2N2O.ClH/c19-15-7-4-11(8-16(15)20)9-18(23)22-17-3-1-2-12-10-13(21)5-6-14(12)17;/h4-8,10,17H,1-3,9,21H2,(H,22,23);1H. The van der Waals surface area contributed by atoms with Gasteiger partial charge in [0.05, 0.1) is 22.5 Å². The lowest BCUT2D eigenvalue weighted by Crippen LogP contribution is -2.32. The van der Waals surface area contributed by atoms with Gasteiger partial charge in [0.2, 0.25) is 5.91 Å². The SMILES string of the molecule is Cl.Nc1ccc2c(c1)CCCC2NC(=O)Cc1ccc(Cl)c(Cl)c1. The number of hydrogen-bond acceptors (Lipinski definition) is 2. The minimum atomic E-state index is -0.0157. The average Bonchev–Trinajstić information content (AvgIpc) is 2.51. The molecule has 0 fully saturated rings. The van der Waals surface area contributed by atoms with E-state index < -0.39 is 0 Å². The van der Waals surface area contributed by atoms with Crippen LogP contribution in [0.4, 0.5) is 5.69 Å². The van der Waals surface area contributed by atoms with E-state index in [9.17, 15) is 4.79 Å². The van der Waals surface area contributed by atoms with E-state index in [0.29, 0.717) is 10.0 Å². The van der Waals surface area contributed by atoms with E-state index in [1.165, 1.54) is 11.1 Å². The minimum absolute atomic E-state index is 0. The highest BCUT2D eigenvalue weighted by atomic mass is 35.5. The fourth-order valence-corrected chi connectivity index (χ4v) is 3.39. The molecule has 2 aromatic rings. The van der Waals surface area contributed by atoms with Crippen LogP contribution in [0.5, 0.6) is 0 Å². The molecule has 0 saturated heterocycles. The zero-order valence-electron chi connectivity index (χ0n) is 13.0. The van der Waals surface area contributed by atoms with Crippen LogP contribution in [0.25, 0.3) is 0 Å². The molecule has 0 heterocycles. The fraction of sp³-hybridized carbons (Fsp3) is 0.278. The Kier molecular flexibility index (Phi) is 6.39. The van der Waals surface area contributed by atoms with Crippen LogP contribution in [0.15, 0.2) is 36.4 Å². The number of carbonyl (C=O) groups excluding carboxylic acids is 1. The number of benzene rings is 2. The lowest BCUT2D eigenvalue weighted by atomic mass is 9.87. The van der Waals surface area contributed by atoms with E-state index in [2.05, 4.69) is 5.32 Å². The first kappa shape index (κ1) is 18.9. The van der Waals surface area contributed by atoms with Gasteiger partial charge in [-0.3, -0.25) is 4.79 Å². The van der Waals surface area contributed by atoms with E-state index in [1.54, 1.807) is 12.1 Å². The number of hydrogen-bond donors (Lipinski definition) is 2. The Labute approximate surface area is 157 Å². The van der Waals surface area contributed by atoms with Gasteiger partial charge < -0.3 is 11.1 Å². The van der Waals surface area contributed by atoms with Crippen molar-refractivity contribution in [3.8, 4) is 0 Å². The van der Waals surface area contributed by atoms with Gasteiger partial charge in [0, 0.05) is 5.69 Å². The Morgan fingerprint density at radius 3 is 2.71 bits per heavy atom. The summed E-state index contributed by atoms with van der Waals surface area (Å²) in [5.41, 5.74) is 9.87. The Balaban J connectivity index is 0.00000208. The second-order valence-electron chi connectivity index (χ2n) is 5.90. The van der Waals surface area contributed by atoms with E-state index in [-0.39, 0.29) is 30.8 Å². The lowest BCUT2D eigenvalue weighted by Gasteiger charge is -2.26. The highest BCUT2D eigenvalue weighted by Gasteiger charge is 2.22. The predicted molar refractivity (Wildman–Crippen MR) is 102 cm³/mol. The second kappa shape index (κ2) is 8.11. The lowest BCUT2D eigenvalue weighted by molar-refractivity contribution is -0.121. The van der Waals surface area contributed by atoms with Crippen LogP contribution < -0.4 is 11.1 Å². The van der Waals surface area contributed by atoms with Crippen molar-refractivity contribution in [1.29, 1.82) is 0 Å². The maximum absolute atomic E-state index is 12.3. The third-order valence-electron chi connectivity index (χ3n) is 4.17. The molecular formula is C18H19Cl3N2O. The summed E-state index contributed by atoms with van der Waals surface area (Å²) < 4.78 is 0. The molecule has 0 bridgehead atoms. The van der Waals surface area contributed by atoms with Crippen molar-refractivity contribution in [2.75, 3.05) is 5.73 Å². The molecule has 0 saturated carbocycles. The number of rotatable bonds is 3. The molecule has 3 rings (SSSR count). The first-order valence-corrected chi connectivity index (χ1v) is 8.40. The monoisotopic (exact) mass is 384 g/mol. The average molecular weight is 386 g/mol. The van der Waals surface area contributed by atoms with Gasteiger partial charge in [-0.15, -0.1) is 12.4 Å². The number of nitrogen functional groups attached to an aromatic ring is 1. The molecule has 1 amide bonds. The van der Waals surface area contributed by atoms with Gasteiger partial charge in [-0.2, -0.15) is 0 Å². The Morgan fingerprint density at radius 1 is 1.17 bits per heavy atom. The van der Waals surface area contributed by atoms with Gasteiger partial charge in [-0.05, 0) is 60.2 Å². The smallest absolute Gasteiger partial charge is 0.224 e. The summed E-state index contributed by atoms with van der Waals surface area (Å²) in [5.74, 6) is -0.0157. The zero-order valence-corrected chi connectivity index (χ0v) is 15.3. The maximum Gasteiger partial charge on any atom is 0.224 e. The Bertz CT molecular complexity index is 749. The molecule has 24 heavy (non-hydrogen) atoms. The van der Waals surface area contributed by atoms with Crippen molar-refractivity contribution >= 4 is 47.2 Å². The zero-order chi connectivity index (χ0) is 16.4. The molecule has 128 valence electrons.